The second-order valence-electron chi connectivity index (χ2n) is 4.76. The second kappa shape index (κ2) is 6.24. The third-order valence-corrected chi connectivity index (χ3v) is 4.93. The minimum Gasteiger partial charge on any atom is -0.349 e. The Kier molecular flexibility index (Phi) is 4.17. The highest BCUT2D eigenvalue weighted by molar-refractivity contribution is 7.12. The SMILES string of the molecule is Cc1csc(C(=O)NC[C@@H](c2ccsc2)n2cccn2)c1. The Hall–Kier alpha value is -1.92. The third kappa shape index (κ3) is 3.22. The van der Waals surface area contributed by atoms with Gasteiger partial charge < -0.3 is 5.32 Å². The van der Waals surface area contributed by atoms with Crippen LogP contribution in [0.25, 0.3) is 0 Å². The lowest BCUT2D eigenvalue weighted by molar-refractivity contribution is 0.0953. The normalized spacial score (nSPS) is 12.2. The minimum absolute atomic E-state index is 0.0243. The van der Waals surface area contributed by atoms with Crippen LogP contribution in [0.3, 0.4) is 0 Å². The zero-order chi connectivity index (χ0) is 14.7. The maximum atomic E-state index is 12.2. The minimum atomic E-state index is -0.0273. The lowest BCUT2D eigenvalue weighted by atomic mass is 10.1. The van der Waals surface area contributed by atoms with Gasteiger partial charge in [0.1, 0.15) is 0 Å². The largest absolute Gasteiger partial charge is 0.349 e. The molecule has 0 spiro atoms. The summed E-state index contributed by atoms with van der Waals surface area (Å²) in [6.07, 6.45) is 3.67. The van der Waals surface area contributed by atoms with E-state index in [0.29, 0.717) is 6.54 Å². The number of rotatable bonds is 5. The lowest BCUT2D eigenvalue weighted by Gasteiger charge is -2.17. The first kappa shape index (κ1) is 14.0. The van der Waals surface area contributed by atoms with E-state index in [1.54, 1.807) is 17.5 Å². The summed E-state index contributed by atoms with van der Waals surface area (Å²) in [7, 11) is 0. The molecule has 3 aromatic rings. The number of carbonyl (C=O) groups is 1. The number of thiophene rings is 2. The summed E-state index contributed by atoms with van der Waals surface area (Å²) in [6, 6.07) is 5.90. The van der Waals surface area contributed by atoms with E-state index in [4.69, 9.17) is 0 Å². The van der Waals surface area contributed by atoms with Crippen LogP contribution in [-0.4, -0.2) is 22.2 Å². The maximum absolute atomic E-state index is 12.2. The molecule has 3 heterocycles. The van der Waals surface area contributed by atoms with Crippen molar-refractivity contribution in [2.75, 3.05) is 6.54 Å². The first-order chi connectivity index (χ1) is 10.2. The molecule has 1 N–H and O–H groups in total. The second-order valence-corrected chi connectivity index (χ2v) is 6.45. The van der Waals surface area contributed by atoms with Crippen LogP contribution in [-0.2, 0) is 0 Å². The van der Waals surface area contributed by atoms with Crippen LogP contribution in [0.2, 0.25) is 0 Å². The number of aromatic nitrogens is 2. The van der Waals surface area contributed by atoms with Gasteiger partial charge in [0.2, 0.25) is 0 Å². The molecule has 0 aliphatic carbocycles. The van der Waals surface area contributed by atoms with Crippen molar-refractivity contribution in [3.63, 3.8) is 0 Å². The molecule has 0 fully saturated rings. The van der Waals surface area contributed by atoms with Gasteiger partial charge >= 0.3 is 0 Å². The molecule has 6 heteroatoms. The number of nitrogens with zero attached hydrogens (tertiary/aromatic N) is 2. The van der Waals surface area contributed by atoms with E-state index in [1.165, 1.54) is 11.3 Å². The van der Waals surface area contributed by atoms with Crippen molar-refractivity contribution in [1.82, 2.24) is 15.1 Å². The highest BCUT2D eigenvalue weighted by Crippen LogP contribution is 2.20. The zero-order valence-corrected chi connectivity index (χ0v) is 13.2. The summed E-state index contributed by atoms with van der Waals surface area (Å²) in [4.78, 5) is 12.9. The van der Waals surface area contributed by atoms with Gasteiger partial charge in [-0.25, -0.2) is 0 Å². The molecule has 21 heavy (non-hydrogen) atoms. The van der Waals surface area contributed by atoms with Gasteiger partial charge in [-0.05, 0) is 52.4 Å². The van der Waals surface area contributed by atoms with Gasteiger partial charge in [0, 0.05) is 18.9 Å². The Morgan fingerprint density at radius 2 is 2.38 bits per heavy atom. The molecule has 0 saturated heterocycles. The highest BCUT2D eigenvalue weighted by Gasteiger charge is 2.16. The molecule has 0 bridgehead atoms. The Labute approximate surface area is 131 Å². The summed E-state index contributed by atoms with van der Waals surface area (Å²) in [5.41, 5.74) is 2.28. The van der Waals surface area contributed by atoms with Crippen molar-refractivity contribution in [3.05, 3.63) is 62.7 Å². The third-order valence-electron chi connectivity index (χ3n) is 3.18. The van der Waals surface area contributed by atoms with Crippen LogP contribution < -0.4 is 5.32 Å². The van der Waals surface area contributed by atoms with E-state index in [2.05, 4.69) is 21.9 Å². The van der Waals surface area contributed by atoms with Gasteiger partial charge in [-0.2, -0.15) is 16.4 Å². The van der Waals surface area contributed by atoms with Crippen molar-refractivity contribution in [1.29, 1.82) is 0 Å². The van der Waals surface area contributed by atoms with Gasteiger partial charge in [0.25, 0.3) is 5.91 Å². The monoisotopic (exact) mass is 317 g/mol. The van der Waals surface area contributed by atoms with Gasteiger partial charge in [0.15, 0.2) is 0 Å². The first-order valence-electron chi connectivity index (χ1n) is 6.58. The van der Waals surface area contributed by atoms with Gasteiger partial charge in [-0.3, -0.25) is 9.48 Å². The van der Waals surface area contributed by atoms with E-state index in [-0.39, 0.29) is 11.9 Å². The fraction of sp³-hybridized carbons (Fsp3) is 0.200. The molecular formula is C15H15N3OS2. The fourth-order valence-corrected chi connectivity index (χ4v) is 3.64. The number of amides is 1. The number of hydrogen-bond donors (Lipinski definition) is 1. The lowest BCUT2D eigenvalue weighted by Crippen LogP contribution is -2.31. The van der Waals surface area contributed by atoms with E-state index in [1.807, 2.05) is 40.7 Å². The van der Waals surface area contributed by atoms with E-state index < -0.39 is 0 Å². The molecule has 0 aromatic carbocycles. The number of nitrogens with one attached hydrogen (secondary N) is 1. The van der Waals surface area contributed by atoms with Gasteiger partial charge in [-0.1, -0.05) is 0 Å². The molecule has 4 nitrogen and oxygen atoms in total. The number of carbonyl (C=O) groups excluding carboxylic acids is 1. The smallest absolute Gasteiger partial charge is 0.261 e. The quantitative estimate of drug-likeness (QED) is 0.784. The number of aryl methyl sites for hydroxylation is 1. The Morgan fingerprint density at radius 3 is 3.00 bits per heavy atom. The van der Waals surface area contributed by atoms with Crippen LogP contribution in [0.1, 0.15) is 26.8 Å². The number of hydrogen-bond acceptors (Lipinski definition) is 4. The summed E-state index contributed by atoms with van der Waals surface area (Å²) in [6.45, 7) is 2.51. The van der Waals surface area contributed by atoms with Gasteiger partial charge in [-0.15, -0.1) is 11.3 Å². The average molecular weight is 317 g/mol. The van der Waals surface area contributed by atoms with E-state index in [0.717, 1.165) is 16.0 Å². The summed E-state index contributed by atoms with van der Waals surface area (Å²) < 4.78 is 1.88. The molecule has 1 amide bonds. The van der Waals surface area contributed by atoms with Crippen LogP contribution in [0.5, 0.6) is 0 Å². The van der Waals surface area contributed by atoms with Crippen LogP contribution >= 0.6 is 22.7 Å². The summed E-state index contributed by atoms with van der Waals surface area (Å²) in [5, 5.41) is 13.4. The van der Waals surface area contributed by atoms with Crippen LogP contribution in [0, 0.1) is 6.92 Å². The molecule has 3 rings (SSSR count). The van der Waals surface area contributed by atoms with Crippen molar-refractivity contribution in [2.24, 2.45) is 0 Å². The summed E-state index contributed by atoms with van der Waals surface area (Å²) >= 11 is 3.12. The topological polar surface area (TPSA) is 46.9 Å². The van der Waals surface area contributed by atoms with Crippen molar-refractivity contribution >= 4 is 28.6 Å². The molecule has 0 aliphatic heterocycles. The predicted octanol–water partition coefficient (Wildman–Crippen LogP) is 3.33. The van der Waals surface area contributed by atoms with E-state index >= 15 is 0 Å². The fourth-order valence-electron chi connectivity index (χ4n) is 2.12. The molecule has 0 radical (unpaired) electrons. The van der Waals surface area contributed by atoms with Crippen molar-refractivity contribution in [2.45, 2.75) is 13.0 Å². The standard InChI is InChI=1S/C15H15N3OS2/c1-11-7-14(21-9-11)15(19)16-8-13(12-3-6-20-10-12)18-5-2-4-17-18/h2-7,9-10,13H,8H2,1H3,(H,16,19)/t13-/m0/s1. The van der Waals surface area contributed by atoms with Crippen LogP contribution in [0.15, 0.2) is 46.7 Å². The van der Waals surface area contributed by atoms with Crippen LogP contribution in [0.4, 0.5) is 0 Å². The Morgan fingerprint density at radius 1 is 1.48 bits per heavy atom. The van der Waals surface area contributed by atoms with Gasteiger partial charge in [0.05, 0.1) is 10.9 Å². The molecule has 0 aliphatic rings. The Balaban J connectivity index is 1.72. The van der Waals surface area contributed by atoms with Crippen molar-refractivity contribution < 1.29 is 4.79 Å². The molecule has 0 saturated carbocycles. The predicted molar refractivity (Wildman–Crippen MR) is 86.1 cm³/mol. The highest BCUT2D eigenvalue weighted by atomic mass is 32.1. The maximum Gasteiger partial charge on any atom is 0.261 e. The van der Waals surface area contributed by atoms with E-state index in [9.17, 15) is 4.79 Å². The Bertz CT molecular complexity index is 667. The first-order valence-corrected chi connectivity index (χ1v) is 8.41. The molecule has 0 unspecified atom stereocenters. The van der Waals surface area contributed by atoms with Crippen molar-refractivity contribution in [3.8, 4) is 0 Å². The molecular weight excluding hydrogens is 302 g/mol. The zero-order valence-electron chi connectivity index (χ0n) is 11.5. The molecule has 3 aromatic heterocycles. The molecule has 108 valence electrons. The average Bonchev–Trinajstić information content (AvgIpc) is 3.21. The molecule has 1 atom stereocenters. The summed E-state index contributed by atoms with van der Waals surface area (Å²) in [5.74, 6) is -0.0273.